The molecule has 8 heteroatoms. The Labute approximate surface area is 139 Å². The highest BCUT2D eigenvalue weighted by atomic mass is 35.5. The number of urea groups is 1. The molecular formula is C15H18ClN3O4. The first-order chi connectivity index (χ1) is 11.0. The average Bonchev–Trinajstić information content (AvgIpc) is 2.53. The van der Waals surface area contributed by atoms with Crippen molar-refractivity contribution in [3.63, 3.8) is 0 Å². The van der Waals surface area contributed by atoms with Gasteiger partial charge in [-0.15, -0.1) is 16.5 Å². The maximum absolute atomic E-state index is 12.6. The van der Waals surface area contributed by atoms with Gasteiger partial charge in [0.2, 0.25) is 0 Å². The fraction of sp³-hybridized carbons (Fsp3) is 0.333. The van der Waals surface area contributed by atoms with Gasteiger partial charge in [-0.05, 0) is 26.0 Å². The standard InChI is InChI=1S/C15H18ClN3O4/c1-3-23-14(20)11-12(2)19(13-7-5-4-6-8-13)15(21)18(17-22)10-9-16/h4-8,11H,3,9-10H2,1-2H3/b12-11-. The first kappa shape index (κ1) is 18.6. The summed E-state index contributed by atoms with van der Waals surface area (Å²) in [6.07, 6.45) is 1.18. The van der Waals surface area contributed by atoms with E-state index in [2.05, 4.69) is 5.29 Å². The Bertz CT molecular complexity index is 577. The van der Waals surface area contributed by atoms with Gasteiger partial charge in [-0.1, -0.05) is 18.2 Å². The molecular weight excluding hydrogens is 322 g/mol. The van der Waals surface area contributed by atoms with Crippen LogP contribution in [0.5, 0.6) is 0 Å². The Morgan fingerprint density at radius 2 is 1.96 bits per heavy atom. The molecule has 0 saturated carbocycles. The number of carbonyl (C=O) groups is 2. The van der Waals surface area contributed by atoms with E-state index in [1.807, 2.05) is 0 Å². The zero-order valence-corrected chi connectivity index (χ0v) is 13.7. The number of rotatable bonds is 7. The summed E-state index contributed by atoms with van der Waals surface area (Å²) < 4.78 is 4.84. The van der Waals surface area contributed by atoms with E-state index in [9.17, 15) is 14.5 Å². The smallest absolute Gasteiger partial charge is 0.351 e. The molecule has 0 N–H and O–H groups in total. The van der Waals surface area contributed by atoms with Crippen LogP contribution in [0, 0.1) is 4.91 Å². The van der Waals surface area contributed by atoms with E-state index in [0.29, 0.717) is 16.4 Å². The lowest BCUT2D eigenvalue weighted by molar-refractivity contribution is -0.137. The Hall–Kier alpha value is -2.41. The fourth-order valence-corrected chi connectivity index (χ4v) is 1.99. The van der Waals surface area contributed by atoms with Gasteiger partial charge in [-0.2, -0.15) is 5.01 Å². The minimum Gasteiger partial charge on any atom is -0.463 e. The number of anilines is 1. The lowest BCUT2D eigenvalue weighted by atomic mass is 10.2. The van der Waals surface area contributed by atoms with Crippen LogP contribution in [0.15, 0.2) is 47.4 Å². The van der Waals surface area contributed by atoms with Gasteiger partial charge in [-0.3, -0.25) is 4.90 Å². The molecule has 1 aromatic rings. The molecule has 0 spiro atoms. The van der Waals surface area contributed by atoms with E-state index in [-0.39, 0.29) is 19.0 Å². The number of para-hydroxylation sites is 1. The topological polar surface area (TPSA) is 79.3 Å². The molecule has 23 heavy (non-hydrogen) atoms. The summed E-state index contributed by atoms with van der Waals surface area (Å²) in [6, 6.07) is 7.88. The van der Waals surface area contributed by atoms with Crippen LogP contribution in [0.4, 0.5) is 10.5 Å². The first-order valence-electron chi connectivity index (χ1n) is 6.96. The molecule has 7 nitrogen and oxygen atoms in total. The summed E-state index contributed by atoms with van der Waals surface area (Å²) >= 11 is 5.57. The molecule has 0 radical (unpaired) electrons. The largest absolute Gasteiger partial charge is 0.463 e. The number of hydrogen-bond donors (Lipinski definition) is 0. The number of allylic oxidation sites excluding steroid dienone is 1. The van der Waals surface area contributed by atoms with Gasteiger partial charge < -0.3 is 4.74 Å². The van der Waals surface area contributed by atoms with Gasteiger partial charge >= 0.3 is 12.0 Å². The maximum Gasteiger partial charge on any atom is 0.351 e. The van der Waals surface area contributed by atoms with Crippen molar-refractivity contribution in [2.45, 2.75) is 13.8 Å². The van der Waals surface area contributed by atoms with E-state index >= 15 is 0 Å². The van der Waals surface area contributed by atoms with Crippen LogP contribution in [0.3, 0.4) is 0 Å². The number of esters is 1. The molecule has 0 heterocycles. The molecule has 0 fully saturated rings. The summed E-state index contributed by atoms with van der Waals surface area (Å²) in [5.41, 5.74) is 0.779. The number of halogens is 1. The summed E-state index contributed by atoms with van der Waals surface area (Å²) in [5.74, 6) is -0.525. The number of carbonyl (C=O) groups excluding carboxylic acids is 2. The second-order valence-corrected chi connectivity index (χ2v) is 4.76. The van der Waals surface area contributed by atoms with Crippen molar-refractivity contribution >= 4 is 29.3 Å². The number of alkyl halides is 1. The molecule has 0 unspecified atom stereocenters. The number of nitroso groups, excluding NO2 is 1. The molecule has 0 aromatic heterocycles. The highest BCUT2D eigenvalue weighted by Gasteiger charge is 2.25. The zero-order valence-electron chi connectivity index (χ0n) is 12.9. The third-order valence-corrected chi connectivity index (χ3v) is 2.96. The Morgan fingerprint density at radius 1 is 1.30 bits per heavy atom. The van der Waals surface area contributed by atoms with Gasteiger partial charge in [0.05, 0.1) is 24.1 Å². The monoisotopic (exact) mass is 339 g/mol. The van der Waals surface area contributed by atoms with Crippen molar-refractivity contribution < 1.29 is 14.3 Å². The minimum atomic E-state index is -0.704. The average molecular weight is 340 g/mol. The van der Waals surface area contributed by atoms with Crippen molar-refractivity contribution in [3.05, 3.63) is 47.0 Å². The van der Waals surface area contributed by atoms with Crippen LogP contribution in [0.2, 0.25) is 0 Å². The zero-order chi connectivity index (χ0) is 17.2. The van der Waals surface area contributed by atoms with Gasteiger partial charge in [0.1, 0.15) is 0 Å². The predicted octanol–water partition coefficient (Wildman–Crippen LogP) is 3.30. The van der Waals surface area contributed by atoms with Gasteiger partial charge in [-0.25, -0.2) is 9.59 Å². The Balaban J connectivity index is 3.19. The summed E-state index contributed by atoms with van der Waals surface area (Å²) in [5, 5.41) is 3.38. The highest BCUT2D eigenvalue weighted by Crippen LogP contribution is 2.21. The number of ether oxygens (including phenoxy) is 1. The van der Waals surface area contributed by atoms with Crippen LogP contribution >= 0.6 is 11.6 Å². The molecule has 0 aliphatic rings. The molecule has 124 valence electrons. The molecule has 0 aliphatic heterocycles. The van der Waals surface area contributed by atoms with E-state index in [1.165, 1.54) is 11.0 Å². The van der Waals surface area contributed by atoms with Crippen LogP contribution < -0.4 is 4.90 Å². The SMILES string of the molecule is CCOC(=O)/C=C(/C)N(C(=O)N(CCCl)N=O)c1ccccc1. The third kappa shape index (κ3) is 5.37. The Morgan fingerprint density at radius 3 is 2.48 bits per heavy atom. The van der Waals surface area contributed by atoms with Crippen molar-refractivity contribution in [1.29, 1.82) is 0 Å². The lowest BCUT2D eigenvalue weighted by Gasteiger charge is -2.26. The van der Waals surface area contributed by atoms with Crippen LogP contribution in [0.25, 0.3) is 0 Å². The fourth-order valence-electron chi connectivity index (χ4n) is 1.83. The number of nitrogens with zero attached hydrogens (tertiary/aromatic N) is 3. The normalized spacial score (nSPS) is 10.8. The molecule has 0 saturated heterocycles. The van der Waals surface area contributed by atoms with Crippen molar-refractivity contribution in [1.82, 2.24) is 5.01 Å². The quantitative estimate of drug-likeness (QED) is 0.251. The molecule has 0 bridgehead atoms. The van der Waals surface area contributed by atoms with Crippen LogP contribution in [-0.2, 0) is 9.53 Å². The molecule has 0 aliphatic carbocycles. The number of benzene rings is 1. The van der Waals surface area contributed by atoms with E-state index in [1.54, 1.807) is 44.2 Å². The first-order valence-corrected chi connectivity index (χ1v) is 7.49. The second kappa shape index (κ2) is 9.58. The van der Waals surface area contributed by atoms with Crippen molar-refractivity contribution in [3.8, 4) is 0 Å². The van der Waals surface area contributed by atoms with Gasteiger partial charge in [0.15, 0.2) is 0 Å². The van der Waals surface area contributed by atoms with Crippen molar-refractivity contribution in [2.24, 2.45) is 5.29 Å². The molecule has 2 amide bonds. The minimum absolute atomic E-state index is 0.0418. The number of hydrogen-bond acceptors (Lipinski definition) is 5. The maximum atomic E-state index is 12.6. The molecule has 1 rings (SSSR count). The third-order valence-electron chi connectivity index (χ3n) is 2.79. The van der Waals surface area contributed by atoms with E-state index in [0.717, 1.165) is 0 Å². The predicted molar refractivity (Wildman–Crippen MR) is 87.9 cm³/mol. The number of amides is 2. The van der Waals surface area contributed by atoms with Gasteiger partial charge in [0, 0.05) is 17.7 Å². The molecule has 0 atom stereocenters. The Kier molecular flexibility index (Phi) is 7.76. The van der Waals surface area contributed by atoms with Crippen molar-refractivity contribution in [2.75, 3.05) is 23.9 Å². The highest BCUT2D eigenvalue weighted by molar-refractivity contribution is 6.18. The van der Waals surface area contributed by atoms with E-state index < -0.39 is 12.0 Å². The van der Waals surface area contributed by atoms with Gasteiger partial charge in [0.25, 0.3) is 0 Å². The lowest BCUT2D eigenvalue weighted by Crippen LogP contribution is -2.40. The molecule has 1 aromatic carbocycles. The summed E-state index contributed by atoms with van der Waals surface area (Å²) in [6.45, 7) is 3.42. The van der Waals surface area contributed by atoms with Crippen LogP contribution in [0.1, 0.15) is 13.8 Å². The second-order valence-electron chi connectivity index (χ2n) is 4.39. The summed E-state index contributed by atoms with van der Waals surface area (Å²) in [4.78, 5) is 36.3. The van der Waals surface area contributed by atoms with E-state index in [4.69, 9.17) is 16.3 Å². The summed E-state index contributed by atoms with van der Waals surface area (Å²) in [7, 11) is 0. The van der Waals surface area contributed by atoms with Crippen LogP contribution in [-0.4, -0.2) is 36.0 Å².